The first-order chi connectivity index (χ1) is 14.9. The Balaban J connectivity index is 1.89. The highest BCUT2D eigenvalue weighted by molar-refractivity contribution is 5.80. The maximum absolute atomic E-state index is 12.2. The fourth-order valence-corrected chi connectivity index (χ4v) is 4.54. The third-order valence-electron chi connectivity index (χ3n) is 6.72. The van der Waals surface area contributed by atoms with Crippen molar-refractivity contribution in [1.82, 2.24) is 0 Å². The van der Waals surface area contributed by atoms with Crippen molar-refractivity contribution >= 4 is 5.97 Å². The number of aliphatic carboxylic acids is 1. The molecule has 3 aromatic carbocycles. The summed E-state index contributed by atoms with van der Waals surface area (Å²) < 4.78 is 12.1. The molecule has 0 aromatic heterocycles. The van der Waals surface area contributed by atoms with Crippen LogP contribution >= 0.6 is 0 Å². The summed E-state index contributed by atoms with van der Waals surface area (Å²) >= 11 is 0. The number of benzene rings is 3. The predicted octanol–water partition coefficient (Wildman–Crippen LogP) is 5.50. The van der Waals surface area contributed by atoms with Crippen molar-refractivity contribution in [2.75, 3.05) is 13.7 Å². The molecule has 0 radical (unpaired) electrons. The van der Waals surface area contributed by atoms with Crippen LogP contribution in [-0.4, -0.2) is 24.8 Å². The van der Waals surface area contributed by atoms with Crippen LogP contribution in [0.25, 0.3) is 0 Å². The quantitative estimate of drug-likeness (QED) is 0.492. The molecule has 1 aliphatic rings. The maximum Gasteiger partial charge on any atom is 0.312 e. The highest BCUT2D eigenvalue weighted by atomic mass is 16.5. The highest BCUT2D eigenvalue weighted by Crippen LogP contribution is 2.64. The Morgan fingerprint density at radius 2 is 1.32 bits per heavy atom. The lowest BCUT2D eigenvalue weighted by Gasteiger charge is -2.37. The van der Waals surface area contributed by atoms with Gasteiger partial charge < -0.3 is 14.6 Å². The SMILES string of the molecule is COc1ccc(C(OCC2(C(=O)O)CC2(C)C)(c2ccccc2)c2ccccc2)cc1. The lowest BCUT2D eigenvalue weighted by atomic mass is 9.79. The van der Waals surface area contributed by atoms with Crippen molar-refractivity contribution in [3.8, 4) is 5.75 Å². The fourth-order valence-electron chi connectivity index (χ4n) is 4.54. The summed E-state index contributed by atoms with van der Waals surface area (Å²) in [7, 11) is 1.64. The van der Waals surface area contributed by atoms with Gasteiger partial charge in [0.25, 0.3) is 0 Å². The predicted molar refractivity (Wildman–Crippen MR) is 120 cm³/mol. The van der Waals surface area contributed by atoms with Crippen LogP contribution in [0.3, 0.4) is 0 Å². The number of hydrogen-bond donors (Lipinski definition) is 1. The van der Waals surface area contributed by atoms with Gasteiger partial charge in [-0.05, 0) is 40.7 Å². The van der Waals surface area contributed by atoms with Crippen molar-refractivity contribution in [1.29, 1.82) is 0 Å². The smallest absolute Gasteiger partial charge is 0.312 e. The number of hydrogen-bond acceptors (Lipinski definition) is 3. The molecule has 4 heteroatoms. The first kappa shape index (κ1) is 21.1. The minimum atomic E-state index is -0.949. The summed E-state index contributed by atoms with van der Waals surface area (Å²) in [5.41, 5.74) is 0.669. The Labute approximate surface area is 183 Å². The molecule has 160 valence electrons. The van der Waals surface area contributed by atoms with Gasteiger partial charge in [-0.15, -0.1) is 0 Å². The summed E-state index contributed by atoms with van der Waals surface area (Å²) in [6.07, 6.45) is 0.595. The van der Waals surface area contributed by atoms with Gasteiger partial charge >= 0.3 is 5.97 Å². The molecule has 1 saturated carbocycles. The Bertz CT molecular complexity index is 1000. The van der Waals surface area contributed by atoms with Crippen molar-refractivity contribution in [2.45, 2.75) is 25.9 Å². The Morgan fingerprint density at radius 3 is 1.71 bits per heavy atom. The van der Waals surface area contributed by atoms with Gasteiger partial charge in [0.1, 0.15) is 11.4 Å². The molecule has 0 saturated heterocycles. The molecule has 1 aliphatic carbocycles. The molecule has 0 bridgehead atoms. The maximum atomic E-state index is 12.2. The van der Waals surface area contributed by atoms with Crippen LogP contribution in [0.2, 0.25) is 0 Å². The zero-order valence-corrected chi connectivity index (χ0v) is 18.2. The van der Waals surface area contributed by atoms with E-state index in [4.69, 9.17) is 9.47 Å². The number of ether oxygens (including phenoxy) is 2. The lowest BCUT2D eigenvalue weighted by Crippen LogP contribution is -2.37. The first-order valence-corrected chi connectivity index (χ1v) is 10.5. The Kier molecular flexibility index (Phi) is 5.36. The molecule has 1 fully saturated rings. The monoisotopic (exact) mass is 416 g/mol. The summed E-state index contributed by atoms with van der Waals surface area (Å²) in [5, 5.41) is 10.0. The van der Waals surface area contributed by atoms with E-state index in [9.17, 15) is 9.90 Å². The third-order valence-corrected chi connectivity index (χ3v) is 6.72. The lowest BCUT2D eigenvalue weighted by molar-refractivity contribution is -0.150. The summed E-state index contributed by atoms with van der Waals surface area (Å²) in [6, 6.07) is 27.8. The second-order valence-electron chi connectivity index (χ2n) is 8.88. The van der Waals surface area contributed by atoms with E-state index < -0.39 is 17.0 Å². The van der Waals surface area contributed by atoms with E-state index in [1.165, 1.54) is 0 Å². The molecule has 0 amide bonds. The minimum Gasteiger partial charge on any atom is -0.497 e. The van der Waals surface area contributed by atoms with Crippen molar-refractivity contribution in [3.05, 3.63) is 102 Å². The van der Waals surface area contributed by atoms with E-state index in [0.717, 1.165) is 22.4 Å². The molecule has 1 unspecified atom stereocenters. The Morgan fingerprint density at radius 1 is 0.871 bits per heavy atom. The molecule has 1 N–H and O–H groups in total. The van der Waals surface area contributed by atoms with Crippen molar-refractivity contribution in [3.63, 3.8) is 0 Å². The molecular formula is C27H28O4. The first-order valence-electron chi connectivity index (χ1n) is 10.5. The van der Waals surface area contributed by atoms with Gasteiger partial charge in [0, 0.05) is 0 Å². The molecule has 31 heavy (non-hydrogen) atoms. The fraction of sp³-hybridized carbons (Fsp3) is 0.296. The summed E-state index contributed by atoms with van der Waals surface area (Å²) in [4.78, 5) is 12.2. The summed E-state index contributed by atoms with van der Waals surface area (Å²) in [5.74, 6) is -0.0497. The average molecular weight is 417 g/mol. The number of carbonyl (C=O) groups is 1. The van der Waals surface area contributed by atoms with Gasteiger partial charge in [-0.1, -0.05) is 86.6 Å². The molecule has 4 rings (SSSR count). The second-order valence-corrected chi connectivity index (χ2v) is 8.88. The zero-order valence-electron chi connectivity index (χ0n) is 18.2. The zero-order chi connectivity index (χ0) is 22.1. The minimum absolute atomic E-state index is 0.116. The van der Waals surface area contributed by atoms with Gasteiger partial charge in [-0.3, -0.25) is 4.79 Å². The highest BCUT2D eigenvalue weighted by Gasteiger charge is 2.67. The van der Waals surface area contributed by atoms with Gasteiger partial charge in [0.2, 0.25) is 0 Å². The van der Waals surface area contributed by atoms with Gasteiger partial charge in [0.05, 0.1) is 19.1 Å². The third kappa shape index (κ3) is 3.51. The van der Waals surface area contributed by atoms with Crippen LogP contribution in [-0.2, 0) is 15.1 Å². The number of carboxylic acids is 1. The molecule has 0 heterocycles. The van der Waals surface area contributed by atoms with Crippen LogP contribution < -0.4 is 4.74 Å². The van der Waals surface area contributed by atoms with E-state index in [-0.39, 0.29) is 12.0 Å². The number of carboxylic acid groups (broad SMARTS) is 1. The molecule has 1 atom stereocenters. The molecular weight excluding hydrogens is 388 g/mol. The average Bonchev–Trinajstić information content (AvgIpc) is 3.38. The van der Waals surface area contributed by atoms with E-state index >= 15 is 0 Å². The van der Waals surface area contributed by atoms with E-state index in [1.54, 1.807) is 7.11 Å². The number of rotatable bonds is 8. The second kappa shape index (κ2) is 7.86. The van der Waals surface area contributed by atoms with Crippen LogP contribution in [0.5, 0.6) is 5.75 Å². The molecule has 4 nitrogen and oxygen atoms in total. The standard InChI is InChI=1S/C27H28O4/c1-25(2)18-26(25,24(28)29)19-31-27(20-10-6-4-7-11-20,21-12-8-5-9-13-21)22-14-16-23(30-3)17-15-22/h4-17H,18-19H2,1-3H3,(H,28,29). The van der Waals surface area contributed by atoms with Gasteiger partial charge in [-0.25, -0.2) is 0 Å². The van der Waals surface area contributed by atoms with Crippen LogP contribution in [0.1, 0.15) is 37.0 Å². The summed E-state index contributed by atoms with van der Waals surface area (Å²) in [6.45, 7) is 4.10. The Hall–Kier alpha value is -3.11. The molecule has 0 spiro atoms. The van der Waals surface area contributed by atoms with Crippen LogP contribution in [0.4, 0.5) is 0 Å². The van der Waals surface area contributed by atoms with Crippen molar-refractivity contribution < 1.29 is 19.4 Å². The molecule has 0 aliphatic heterocycles. The van der Waals surface area contributed by atoms with Crippen LogP contribution in [0, 0.1) is 10.8 Å². The van der Waals surface area contributed by atoms with E-state index in [0.29, 0.717) is 6.42 Å². The normalized spacial score (nSPS) is 19.6. The topological polar surface area (TPSA) is 55.8 Å². The van der Waals surface area contributed by atoms with Crippen molar-refractivity contribution in [2.24, 2.45) is 10.8 Å². The largest absolute Gasteiger partial charge is 0.497 e. The van der Waals surface area contributed by atoms with Gasteiger partial charge in [-0.2, -0.15) is 0 Å². The molecule has 3 aromatic rings. The van der Waals surface area contributed by atoms with E-state index in [2.05, 4.69) is 0 Å². The van der Waals surface area contributed by atoms with Gasteiger partial charge in [0.15, 0.2) is 0 Å². The van der Waals surface area contributed by atoms with E-state index in [1.807, 2.05) is 98.8 Å². The number of methoxy groups -OCH3 is 1. The van der Waals surface area contributed by atoms with Crippen LogP contribution in [0.15, 0.2) is 84.9 Å².